The third-order valence-corrected chi connectivity index (χ3v) is 3.55. The maximum Gasteiger partial charge on any atom is 0.255 e. The predicted molar refractivity (Wildman–Crippen MR) is 71.3 cm³/mol. The number of pyridine rings is 1. The maximum absolute atomic E-state index is 12.3. The monoisotopic (exact) mass is 310 g/mol. The highest BCUT2D eigenvalue weighted by Gasteiger charge is 2.30. The molecule has 2 heterocycles. The number of nitrogens with zero attached hydrogens (tertiary/aromatic N) is 2. The fourth-order valence-corrected chi connectivity index (χ4v) is 2.71. The van der Waals surface area contributed by atoms with E-state index in [1.165, 1.54) is 0 Å². The molecule has 2 rings (SSSR count). The van der Waals surface area contributed by atoms with Crippen LogP contribution in [0.25, 0.3) is 0 Å². The summed E-state index contributed by atoms with van der Waals surface area (Å²) in [7, 11) is 0. The first kappa shape index (κ1) is 13.2. The molecule has 4 nitrogen and oxygen atoms in total. The molecule has 1 aliphatic rings. The van der Waals surface area contributed by atoms with Crippen molar-refractivity contribution < 1.29 is 9.59 Å². The van der Waals surface area contributed by atoms with Crippen LogP contribution in [0.2, 0.25) is 0 Å². The van der Waals surface area contributed by atoms with E-state index in [1.807, 2.05) is 0 Å². The molecule has 5 heteroatoms. The summed E-state index contributed by atoms with van der Waals surface area (Å²) in [5.41, 5.74) is 0.569. The number of hydrogen-bond acceptors (Lipinski definition) is 3. The van der Waals surface area contributed by atoms with Gasteiger partial charge in [-0.1, -0.05) is 0 Å². The van der Waals surface area contributed by atoms with E-state index >= 15 is 0 Å². The lowest BCUT2D eigenvalue weighted by Crippen LogP contribution is -2.36. The molecule has 1 aliphatic heterocycles. The minimum Gasteiger partial charge on any atom is -0.335 e. The average Bonchev–Trinajstić information content (AvgIpc) is 2.75. The van der Waals surface area contributed by atoms with Crippen LogP contribution in [0, 0.1) is 0 Å². The molecule has 96 valence electrons. The molecule has 1 atom stereocenters. The third-order valence-electron chi connectivity index (χ3n) is 3.11. The first-order valence-corrected chi connectivity index (χ1v) is 6.78. The van der Waals surface area contributed by atoms with Gasteiger partial charge in [-0.15, -0.1) is 0 Å². The molecule has 0 bridgehead atoms. The van der Waals surface area contributed by atoms with Crippen molar-refractivity contribution in [3.63, 3.8) is 0 Å². The Kier molecular flexibility index (Phi) is 4.11. The zero-order valence-corrected chi connectivity index (χ0v) is 11.8. The van der Waals surface area contributed by atoms with E-state index in [0.717, 1.165) is 23.9 Å². The Bertz CT molecular complexity index is 476. The number of rotatable bonds is 3. The molecule has 18 heavy (non-hydrogen) atoms. The van der Waals surface area contributed by atoms with Gasteiger partial charge in [-0.3, -0.25) is 14.6 Å². The SMILES string of the molecule is CC(=O)CC1CCCN1C(=O)c1cncc(Br)c1. The Balaban J connectivity index is 2.15. The maximum atomic E-state index is 12.3. The molecule has 1 aromatic heterocycles. The van der Waals surface area contributed by atoms with Crippen molar-refractivity contribution in [2.45, 2.75) is 32.2 Å². The molecule has 1 amide bonds. The smallest absolute Gasteiger partial charge is 0.255 e. The van der Waals surface area contributed by atoms with Gasteiger partial charge in [0.1, 0.15) is 5.78 Å². The van der Waals surface area contributed by atoms with E-state index in [2.05, 4.69) is 20.9 Å². The molecule has 0 spiro atoms. The number of aromatic nitrogens is 1. The molecule has 1 unspecified atom stereocenters. The standard InChI is InChI=1S/C13H15BrN2O2/c1-9(17)5-12-3-2-4-16(12)13(18)10-6-11(14)8-15-7-10/h6-8,12H,2-5H2,1H3. The van der Waals surface area contributed by atoms with Crippen LogP contribution in [0.15, 0.2) is 22.9 Å². The lowest BCUT2D eigenvalue weighted by molar-refractivity contribution is -0.117. The first-order chi connectivity index (χ1) is 8.58. The van der Waals surface area contributed by atoms with Crippen molar-refractivity contribution >= 4 is 27.6 Å². The quantitative estimate of drug-likeness (QED) is 0.861. The van der Waals surface area contributed by atoms with Gasteiger partial charge in [0, 0.05) is 35.9 Å². The van der Waals surface area contributed by atoms with Crippen molar-refractivity contribution in [1.82, 2.24) is 9.88 Å². The third kappa shape index (κ3) is 2.96. The highest BCUT2D eigenvalue weighted by molar-refractivity contribution is 9.10. The van der Waals surface area contributed by atoms with E-state index in [1.54, 1.807) is 30.3 Å². The number of amides is 1. The normalized spacial score (nSPS) is 19.0. The summed E-state index contributed by atoms with van der Waals surface area (Å²) in [5, 5.41) is 0. The summed E-state index contributed by atoms with van der Waals surface area (Å²) in [6.45, 7) is 2.30. The van der Waals surface area contributed by atoms with Crippen LogP contribution in [0.4, 0.5) is 0 Å². The van der Waals surface area contributed by atoms with Gasteiger partial charge in [-0.2, -0.15) is 0 Å². The Morgan fingerprint density at radius 3 is 2.94 bits per heavy atom. The summed E-state index contributed by atoms with van der Waals surface area (Å²) < 4.78 is 0.788. The van der Waals surface area contributed by atoms with Crippen LogP contribution < -0.4 is 0 Å². The number of carbonyl (C=O) groups excluding carboxylic acids is 2. The molecule has 0 aromatic carbocycles. The van der Waals surface area contributed by atoms with Gasteiger partial charge in [-0.05, 0) is 41.8 Å². The van der Waals surface area contributed by atoms with Gasteiger partial charge in [0.2, 0.25) is 0 Å². The number of halogens is 1. The molecule has 1 fully saturated rings. The fourth-order valence-electron chi connectivity index (χ4n) is 2.34. The van der Waals surface area contributed by atoms with Gasteiger partial charge in [0.25, 0.3) is 5.91 Å². The zero-order chi connectivity index (χ0) is 13.1. The van der Waals surface area contributed by atoms with Crippen molar-refractivity contribution in [2.24, 2.45) is 0 Å². The van der Waals surface area contributed by atoms with Crippen LogP contribution in [0.3, 0.4) is 0 Å². The summed E-state index contributed by atoms with van der Waals surface area (Å²) in [5.74, 6) is 0.0969. The molecular weight excluding hydrogens is 296 g/mol. The van der Waals surface area contributed by atoms with E-state index in [0.29, 0.717) is 12.0 Å². The average molecular weight is 311 g/mol. The van der Waals surface area contributed by atoms with Crippen LogP contribution in [0.1, 0.15) is 36.5 Å². The van der Waals surface area contributed by atoms with Crippen molar-refractivity contribution in [1.29, 1.82) is 0 Å². The van der Waals surface area contributed by atoms with Crippen molar-refractivity contribution in [2.75, 3.05) is 6.54 Å². The highest BCUT2D eigenvalue weighted by atomic mass is 79.9. The second kappa shape index (κ2) is 5.61. The Labute approximate surface area is 115 Å². The van der Waals surface area contributed by atoms with E-state index in [-0.39, 0.29) is 17.7 Å². The summed E-state index contributed by atoms with van der Waals surface area (Å²) >= 11 is 3.31. The lowest BCUT2D eigenvalue weighted by atomic mass is 10.1. The largest absolute Gasteiger partial charge is 0.335 e. The van der Waals surface area contributed by atoms with Gasteiger partial charge in [0.15, 0.2) is 0 Å². The van der Waals surface area contributed by atoms with E-state index < -0.39 is 0 Å². The summed E-state index contributed by atoms with van der Waals surface area (Å²) in [6.07, 6.45) is 5.54. The lowest BCUT2D eigenvalue weighted by Gasteiger charge is -2.23. The fraction of sp³-hybridized carbons (Fsp3) is 0.462. The molecule has 0 saturated carbocycles. The van der Waals surface area contributed by atoms with Crippen molar-refractivity contribution in [3.05, 3.63) is 28.5 Å². The van der Waals surface area contributed by atoms with Crippen LogP contribution >= 0.6 is 15.9 Å². The Morgan fingerprint density at radius 2 is 2.28 bits per heavy atom. The second-order valence-corrected chi connectivity index (χ2v) is 5.51. The second-order valence-electron chi connectivity index (χ2n) is 4.59. The molecule has 1 saturated heterocycles. The number of likely N-dealkylation sites (tertiary alicyclic amines) is 1. The van der Waals surface area contributed by atoms with Crippen molar-refractivity contribution in [3.8, 4) is 0 Å². The molecule has 0 N–H and O–H groups in total. The summed E-state index contributed by atoms with van der Waals surface area (Å²) in [6, 6.07) is 1.81. The topological polar surface area (TPSA) is 50.3 Å². The van der Waals surface area contributed by atoms with Crippen LogP contribution in [-0.4, -0.2) is 34.2 Å². The van der Waals surface area contributed by atoms with Crippen LogP contribution in [-0.2, 0) is 4.79 Å². The molecular formula is C13H15BrN2O2. The first-order valence-electron chi connectivity index (χ1n) is 5.99. The number of ketones is 1. The highest BCUT2D eigenvalue weighted by Crippen LogP contribution is 2.23. The summed E-state index contributed by atoms with van der Waals surface area (Å²) in [4.78, 5) is 29.3. The number of hydrogen-bond donors (Lipinski definition) is 0. The Morgan fingerprint density at radius 1 is 1.50 bits per heavy atom. The number of carbonyl (C=O) groups is 2. The zero-order valence-electron chi connectivity index (χ0n) is 10.2. The predicted octanol–water partition coefficient (Wildman–Crippen LogP) is 2.43. The minimum absolute atomic E-state index is 0.0347. The van der Waals surface area contributed by atoms with Crippen LogP contribution in [0.5, 0.6) is 0 Å². The Hall–Kier alpha value is -1.23. The number of Topliss-reactive ketones (excluding diaryl/α,β-unsaturated/α-hetero) is 1. The van der Waals surface area contributed by atoms with E-state index in [4.69, 9.17) is 0 Å². The van der Waals surface area contributed by atoms with Gasteiger partial charge in [-0.25, -0.2) is 0 Å². The van der Waals surface area contributed by atoms with Gasteiger partial charge in [0.05, 0.1) is 5.56 Å². The van der Waals surface area contributed by atoms with Gasteiger partial charge >= 0.3 is 0 Å². The molecule has 0 radical (unpaired) electrons. The minimum atomic E-state index is -0.0347. The molecule has 0 aliphatic carbocycles. The van der Waals surface area contributed by atoms with Gasteiger partial charge < -0.3 is 4.90 Å². The molecule has 1 aromatic rings. The van der Waals surface area contributed by atoms with E-state index in [9.17, 15) is 9.59 Å².